The second kappa shape index (κ2) is 5.62. The molecule has 1 aromatic carbocycles. The summed E-state index contributed by atoms with van der Waals surface area (Å²) in [6, 6.07) is 2.63. The van der Waals surface area contributed by atoms with Crippen molar-refractivity contribution < 1.29 is 17.6 Å². The molecule has 0 aliphatic rings. The highest BCUT2D eigenvalue weighted by Crippen LogP contribution is 2.33. The van der Waals surface area contributed by atoms with Crippen molar-refractivity contribution in [3.8, 4) is 0 Å². The number of aromatic amines is 1. The summed E-state index contributed by atoms with van der Waals surface area (Å²) in [4.78, 5) is 6.91. The van der Waals surface area contributed by atoms with Crippen LogP contribution in [0.5, 0.6) is 0 Å². The molecule has 0 fully saturated rings. The number of H-pyrrole nitrogens is 1. The first kappa shape index (κ1) is 14.5. The Hall–Kier alpha value is -1.89. The molecule has 7 heteroatoms. The third-order valence-corrected chi connectivity index (χ3v) is 3.00. The first-order valence-corrected chi connectivity index (χ1v) is 5.94. The van der Waals surface area contributed by atoms with Gasteiger partial charge in [0.05, 0.1) is 5.56 Å². The molecule has 0 spiro atoms. The van der Waals surface area contributed by atoms with Gasteiger partial charge in [-0.05, 0) is 24.7 Å². The summed E-state index contributed by atoms with van der Waals surface area (Å²) in [5.41, 5.74) is -0.896. The van der Waals surface area contributed by atoms with Crippen LogP contribution < -0.4 is 5.32 Å². The van der Waals surface area contributed by atoms with Gasteiger partial charge in [-0.15, -0.1) is 0 Å². The maximum absolute atomic E-state index is 13.3. The largest absolute Gasteiger partial charge is 0.419 e. The molecule has 2 rings (SSSR count). The fraction of sp³-hybridized carbons (Fsp3) is 0.308. The van der Waals surface area contributed by atoms with E-state index in [2.05, 4.69) is 15.3 Å². The highest BCUT2D eigenvalue weighted by molar-refractivity contribution is 5.30. The molecule has 0 aliphatic carbocycles. The highest BCUT2D eigenvalue weighted by Gasteiger charge is 2.34. The fourth-order valence-corrected chi connectivity index (χ4v) is 1.97. The summed E-state index contributed by atoms with van der Waals surface area (Å²) in [5.74, 6) is -0.628. The molecule has 1 heterocycles. The highest BCUT2D eigenvalue weighted by atomic mass is 19.4. The van der Waals surface area contributed by atoms with Crippen molar-refractivity contribution in [1.29, 1.82) is 0 Å². The van der Waals surface area contributed by atoms with E-state index in [4.69, 9.17) is 0 Å². The SMILES string of the molecule is CNC(Cc1ncc[nH]1)c1ccc(F)c(C(F)(F)F)c1. The minimum absolute atomic E-state index is 0.359. The Kier molecular flexibility index (Phi) is 4.08. The van der Waals surface area contributed by atoms with E-state index in [0.29, 0.717) is 17.8 Å². The average molecular weight is 287 g/mol. The van der Waals surface area contributed by atoms with Gasteiger partial charge in [-0.25, -0.2) is 9.37 Å². The zero-order valence-electron chi connectivity index (χ0n) is 10.6. The number of benzene rings is 1. The molecule has 1 aromatic heterocycles. The normalized spacial score (nSPS) is 13.4. The Balaban J connectivity index is 2.30. The van der Waals surface area contributed by atoms with Crippen molar-refractivity contribution in [2.45, 2.75) is 18.6 Å². The monoisotopic (exact) mass is 287 g/mol. The van der Waals surface area contributed by atoms with Gasteiger partial charge < -0.3 is 10.3 Å². The number of likely N-dealkylation sites (N-methyl/N-ethyl adjacent to an activating group) is 1. The number of nitrogens with one attached hydrogen (secondary N) is 2. The van der Waals surface area contributed by atoms with E-state index in [-0.39, 0.29) is 6.04 Å². The van der Waals surface area contributed by atoms with Gasteiger partial charge in [0.15, 0.2) is 0 Å². The third kappa shape index (κ3) is 3.16. The van der Waals surface area contributed by atoms with E-state index in [1.165, 1.54) is 6.07 Å². The van der Waals surface area contributed by atoms with Crippen LogP contribution in [0.1, 0.15) is 23.0 Å². The van der Waals surface area contributed by atoms with Crippen molar-refractivity contribution in [3.05, 3.63) is 53.4 Å². The minimum atomic E-state index is -4.71. The van der Waals surface area contributed by atoms with Gasteiger partial charge in [-0.1, -0.05) is 6.07 Å². The van der Waals surface area contributed by atoms with Crippen LogP contribution in [0.2, 0.25) is 0 Å². The van der Waals surface area contributed by atoms with Crippen molar-refractivity contribution in [3.63, 3.8) is 0 Å². The first-order chi connectivity index (χ1) is 9.41. The van der Waals surface area contributed by atoms with Gasteiger partial charge in [0.1, 0.15) is 11.6 Å². The van der Waals surface area contributed by atoms with E-state index in [1.807, 2.05) is 0 Å². The van der Waals surface area contributed by atoms with Crippen molar-refractivity contribution in [1.82, 2.24) is 15.3 Å². The zero-order chi connectivity index (χ0) is 14.8. The molecule has 108 valence electrons. The summed E-state index contributed by atoms with van der Waals surface area (Å²) in [6.45, 7) is 0. The number of aromatic nitrogens is 2. The molecule has 3 nitrogen and oxygen atoms in total. The number of rotatable bonds is 4. The maximum Gasteiger partial charge on any atom is 0.419 e. The lowest BCUT2D eigenvalue weighted by Gasteiger charge is -2.17. The Morgan fingerprint density at radius 2 is 2.10 bits per heavy atom. The van der Waals surface area contributed by atoms with Crippen LogP contribution in [0.4, 0.5) is 17.6 Å². The van der Waals surface area contributed by atoms with E-state index in [1.54, 1.807) is 19.4 Å². The lowest BCUT2D eigenvalue weighted by molar-refractivity contribution is -0.140. The van der Waals surface area contributed by atoms with Crippen LogP contribution in [0.15, 0.2) is 30.6 Å². The lowest BCUT2D eigenvalue weighted by atomic mass is 10.0. The topological polar surface area (TPSA) is 40.7 Å². The smallest absolute Gasteiger partial charge is 0.349 e. The summed E-state index contributed by atoms with van der Waals surface area (Å²) in [5, 5.41) is 2.90. The summed E-state index contributed by atoms with van der Waals surface area (Å²) >= 11 is 0. The quantitative estimate of drug-likeness (QED) is 0.848. The van der Waals surface area contributed by atoms with E-state index >= 15 is 0 Å². The number of halogens is 4. The van der Waals surface area contributed by atoms with Crippen LogP contribution in [0.3, 0.4) is 0 Å². The number of nitrogens with zero attached hydrogens (tertiary/aromatic N) is 1. The average Bonchev–Trinajstić information content (AvgIpc) is 2.88. The molecule has 20 heavy (non-hydrogen) atoms. The van der Waals surface area contributed by atoms with Gasteiger partial charge in [0.2, 0.25) is 0 Å². The predicted molar refractivity (Wildman–Crippen MR) is 65.5 cm³/mol. The lowest BCUT2D eigenvalue weighted by Crippen LogP contribution is -2.20. The molecule has 0 aliphatic heterocycles. The Bertz CT molecular complexity index is 563. The number of imidazole rings is 1. The summed E-state index contributed by atoms with van der Waals surface area (Å²) < 4.78 is 51.3. The van der Waals surface area contributed by atoms with Crippen molar-refractivity contribution in [2.75, 3.05) is 7.05 Å². The number of hydrogen-bond acceptors (Lipinski definition) is 2. The standard InChI is InChI=1S/C13H13F4N3/c1-18-11(7-12-19-4-5-20-12)8-2-3-10(14)9(6-8)13(15,16)17/h2-6,11,18H,7H2,1H3,(H,19,20). The van der Waals surface area contributed by atoms with Crippen LogP contribution in [0, 0.1) is 5.82 Å². The fourth-order valence-electron chi connectivity index (χ4n) is 1.97. The second-order valence-corrected chi connectivity index (χ2v) is 4.32. The molecule has 1 atom stereocenters. The molecular formula is C13H13F4N3. The van der Waals surface area contributed by atoms with E-state index < -0.39 is 17.6 Å². The first-order valence-electron chi connectivity index (χ1n) is 5.94. The van der Waals surface area contributed by atoms with E-state index in [9.17, 15) is 17.6 Å². The second-order valence-electron chi connectivity index (χ2n) is 4.32. The van der Waals surface area contributed by atoms with Gasteiger partial charge in [-0.3, -0.25) is 0 Å². The Morgan fingerprint density at radius 3 is 2.65 bits per heavy atom. The Morgan fingerprint density at radius 1 is 1.35 bits per heavy atom. The van der Waals surface area contributed by atoms with Gasteiger partial charge >= 0.3 is 6.18 Å². The minimum Gasteiger partial charge on any atom is -0.349 e. The van der Waals surface area contributed by atoms with Crippen LogP contribution in [-0.4, -0.2) is 17.0 Å². The molecule has 0 amide bonds. The molecular weight excluding hydrogens is 274 g/mol. The van der Waals surface area contributed by atoms with Gasteiger partial charge in [0.25, 0.3) is 0 Å². The maximum atomic E-state index is 13.3. The molecule has 0 saturated carbocycles. The number of alkyl halides is 3. The summed E-state index contributed by atoms with van der Waals surface area (Å²) in [7, 11) is 1.63. The van der Waals surface area contributed by atoms with Crippen LogP contribution >= 0.6 is 0 Å². The molecule has 0 radical (unpaired) electrons. The molecule has 2 aromatic rings. The summed E-state index contributed by atoms with van der Waals surface area (Å²) in [6.07, 6.45) is -1.13. The number of hydrogen-bond donors (Lipinski definition) is 2. The molecule has 0 bridgehead atoms. The van der Waals surface area contributed by atoms with Crippen molar-refractivity contribution in [2.24, 2.45) is 0 Å². The molecule has 2 N–H and O–H groups in total. The van der Waals surface area contributed by atoms with Crippen LogP contribution in [-0.2, 0) is 12.6 Å². The third-order valence-electron chi connectivity index (χ3n) is 3.00. The van der Waals surface area contributed by atoms with E-state index in [0.717, 1.165) is 12.1 Å². The zero-order valence-corrected chi connectivity index (χ0v) is 10.6. The molecule has 0 saturated heterocycles. The van der Waals surface area contributed by atoms with Gasteiger partial charge in [-0.2, -0.15) is 13.2 Å². The van der Waals surface area contributed by atoms with Crippen molar-refractivity contribution >= 4 is 0 Å². The Labute approximate surface area is 113 Å². The van der Waals surface area contributed by atoms with Gasteiger partial charge in [0, 0.05) is 24.9 Å². The predicted octanol–water partition coefficient (Wildman–Crippen LogP) is 3.07. The molecule has 1 unspecified atom stereocenters. The van der Waals surface area contributed by atoms with Crippen LogP contribution in [0.25, 0.3) is 0 Å².